The Labute approximate surface area is 98.0 Å². The molecule has 0 spiro atoms. The third kappa shape index (κ3) is 2.25. The van der Waals surface area contributed by atoms with Gasteiger partial charge in [0.05, 0.1) is 13.2 Å². The van der Waals surface area contributed by atoms with Gasteiger partial charge in [-0.3, -0.25) is 4.90 Å². The predicted molar refractivity (Wildman–Crippen MR) is 63.5 cm³/mol. The number of aliphatic hydroxyl groups excluding tert-OH is 1. The first-order chi connectivity index (χ1) is 7.71. The number of ether oxygens (including phenoxy) is 1. The lowest BCUT2D eigenvalue weighted by molar-refractivity contribution is 0.120. The average molecular weight is 228 g/mol. The van der Waals surface area contributed by atoms with Gasteiger partial charge in [0, 0.05) is 24.2 Å². The average Bonchev–Trinajstić information content (AvgIpc) is 2.98. The first kappa shape index (κ1) is 12.3. The quantitative estimate of drug-likeness (QED) is 0.722. The summed E-state index contributed by atoms with van der Waals surface area (Å²) in [6.07, 6.45) is 4.45. The molecule has 16 heavy (non-hydrogen) atoms. The zero-order chi connectivity index (χ0) is 11.6. The Morgan fingerprint density at radius 1 is 1.44 bits per heavy atom. The molecule has 3 atom stereocenters. The molecule has 1 saturated carbocycles. The van der Waals surface area contributed by atoms with Gasteiger partial charge in [-0.15, -0.1) is 0 Å². The Balaban J connectivity index is 1.91. The fraction of sp³-hybridized carbons (Fsp3) is 1.00. The third-order valence-corrected chi connectivity index (χ3v) is 4.47. The van der Waals surface area contributed by atoms with Gasteiger partial charge < -0.3 is 15.2 Å². The minimum Gasteiger partial charge on any atom is -0.394 e. The highest BCUT2D eigenvalue weighted by Crippen LogP contribution is 2.33. The van der Waals surface area contributed by atoms with E-state index in [4.69, 9.17) is 4.74 Å². The Kier molecular flexibility index (Phi) is 3.85. The van der Waals surface area contributed by atoms with Crippen molar-refractivity contribution in [3.8, 4) is 0 Å². The lowest BCUT2D eigenvalue weighted by Gasteiger charge is -2.32. The summed E-state index contributed by atoms with van der Waals surface area (Å²) in [4.78, 5) is 2.46. The third-order valence-electron chi connectivity index (χ3n) is 4.47. The molecular formula is C12H24N2O2. The molecular weight excluding hydrogens is 204 g/mol. The van der Waals surface area contributed by atoms with Crippen LogP contribution in [0.5, 0.6) is 0 Å². The monoisotopic (exact) mass is 228 g/mol. The fourth-order valence-electron chi connectivity index (χ4n) is 3.04. The van der Waals surface area contributed by atoms with E-state index in [1.165, 1.54) is 6.42 Å². The lowest BCUT2D eigenvalue weighted by atomic mass is 9.98. The topological polar surface area (TPSA) is 44.7 Å². The minimum atomic E-state index is -0.0433. The smallest absolute Gasteiger partial charge is 0.0622 e. The largest absolute Gasteiger partial charge is 0.394 e. The second kappa shape index (κ2) is 5.00. The van der Waals surface area contributed by atoms with E-state index >= 15 is 0 Å². The van der Waals surface area contributed by atoms with Crippen molar-refractivity contribution >= 4 is 0 Å². The van der Waals surface area contributed by atoms with Crippen LogP contribution >= 0.6 is 0 Å². The van der Waals surface area contributed by atoms with E-state index in [9.17, 15) is 5.11 Å². The van der Waals surface area contributed by atoms with Crippen LogP contribution in [0.4, 0.5) is 0 Å². The van der Waals surface area contributed by atoms with Crippen LogP contribution in [0.1, 0.15) is 25.7 Å². The summed E-state index contributed by atoms with van der Waals surface area (Å²) in [6, 6.07) is 1.17. The SMILES string of the molecule is CNC1(CO)CCC(N(C)C2CCOC2)C1. The van der Waals surface area contributed by atoms with Crippen LogP contribution in [0.15, 0.2) is 0 Å². The van der Waals surface area contributed by atoms with Gasteiger partial charge in [0.1, 0.15) is 0 Å². The van der Waals surface area contributed by atoms with Crippen molar-refractivity contribution in [3.63, 3.8) is 0 Å². The number of nitrogens with zero attached hydrogens (tertiary/aromatic N) is 1. The van der Waals surface area contributed by atoms with E-state index in [1.54, 1.807) is 0 Å². The Morgan fingerprint density at radius 3 is 2.75 bits per heavy atom. The van der Waals surface area contributed by atoms with Crippen molar-refractivity contribution in [2.45, 2.75) is 43.3 Å². The molecule has 3 unspecified atom stereocenters. The van der Waals surface area contributed by atoms with Crippen LogP contribution in [-0.2, 0) is 4.74 Å². The Bertz CT molecular complexity index is 225. The van der Waals surface area contributed by atoms with Crippen molar-refractivity contribution in [1.82, 2.24) is 10.2 Å². The van der Waals surface area contributed by atoms with Crippen LogP contribution in [-0.4, -0.2) is 61.5 Å². The normalized spacial score (nSPS) is 39.8. The highest BCUT2D eigenvalue weighted by molar-refractivity contribution is 4.99. The number of hydrogen-bond donors (Lipinski definition) is 2. The molecule has 0 radical (unpaired) electrons. The van der Waals surface area contributed by atoms with E-state index in [1.807, 2.05) is 7.05 Å². The molecule has 1 aliphatic heterocycles. The standard InChI is InChI=1S/C12H24N2O2/c1-13-12(9-15)5-3-10(7-12)14(2)11-4-6-16-8-11/h10-11,13,15H,3-9H2,1-2H3. The van der Waals surface area contributed by atoms with Gasteiger partial charge in [0.15, 0.2) is 0 Å². The number of aliphatic hydroxyl groups is 1. The molecule has 4 nitrogen and oxygen atoms in total. The second-order valence-electron chi connectivity index (χ2n) is 5.27. The molecule has 0 aromatic carbocycles. The van der Waals surface area contributed by atoms with Crippen LogP contribution in [0.25, 0.3) is 0 Å². The molecule has 0 bridgehead atoms. The van der Waals surface area contributed by atoms with Gasteiger partial charge in [-0.2, -0.15) is 0 Å². The summed E-state index contributed by atoms with van der Waals surface area (Å²) >= 11 is 0. The van der Waals surface area contributed by atoms with Gasteiger partial charge in [-0.25, -0.2) is 0 Å². The van der Waals surface area contributed by atoms with E-state index in [0.717, 1.165) is 32.5 Å². The summed E-state index contributed by atoms with van der Waals surface area (Å²) in [6.45, 7) is 2.02. The van der Waals surface area contributed by atoms with Crippen LogP contribution in [0.2, 0.25) is 0 Å². The molecule has 0 amide bonds. The fourth-order valence-corrected chi connectivity index (χ4v) is 3.04. The summed E-state index contributed by atoms with van der Waals surface area (Å²) in [5, 5.41) is 12.8. The van der Waals surface area contributed by atoms with Gasteiger partial charge in [0.2, 0.25) is 0 Å². The summed E-state index contributed by atoms with van der Waals surface area (Å²) in [7, 11) is 4.16. The molecule has 1 heterocycles. The molecule has 1 saturated heterocycles. The highest BCUT2D eigenvalue weighted by Gasteiger charge is 2.40. The van der Waals surface area contributed by atoms with Crippen molar-refractivity contribution in [1.29, 1.82) is 0 Å². The molecule has 2 rings (SSSR count). The highest BCUT2D eigenvalue weighted by atomic mass is 16.5. The van der Waals surface area contributed by atoms with Crippen molar-refractivity contribution in [2.75, 3.05) is 33.9 Å². The van der Waals surface area contributed by atoms with Crippen molar-refractivity contribution < 1.29 is 9.84 Å². The summed E-state index contributed by atoms with van der Waals surface area (Å²) < 4.78 is 5.44. The van der Waals surface area contributed by atoms with E-state index in [-0.39, 0.29) is 12.1 Å². The molecule has 0 aromatic heterocycles. The number of hydrogen-bond acceptors (Lipinski definition) is 4. The zero-order valence-corrected chi connectivity index (χ0v) is 10.4. The number of rotatable bonds is 4. The minimum absolute atomic E-state index is 0.0433. The Hall–Kier alpha value is -0.160. The van der Waals surface area contributed by atoms with Gasteiger partial charge in [-0.05, 0) is 39.8 Å². The van der Waals surface area contributed by atoms with Crippen molar-refractivity contribution in [3.05, 3.63) is 0 Å². The molecule has 1 aliphatic carbocycles. The first-order valence-electron chi connectivity index (χ1n) is 6.30. The summed E-state index contributed by atoms with van der Waals surface area (Å²) in [5.74, 6) is 0. The first-order valence-corrected chi connectivity index (χ1v) is 6.30. The molecule has 4 heteroatoms. The molecule has 94 valence electrons. The van der Waals surface area contributed by atoms with Crippen molar-refractivity contribution in [2.24, 2.45) is 0 Å². The maximum Gasteiger partial charge on any atom is 0.0622 e. The molecule has 2 N–H and O–H groups in total. The second-order valence-corrected chi connectivity index (χ2v) is 5.27. The molecule has 2 fully saturated rings. The van der Waals surface area contributed by atoms with E-state index in [0.29, 0.717) is 12.1 Å². The molecule has 2 aliphatic rings. The number of nitrogens with one attached hydrogen (secondary N) is 1. The predicted octanol–water partition coefficient (Wildman–Crippen LogP) is 0.210. The Morgan fingerprint density at radius 2 is 2.25 bits per heavy atom. The van der Waals surface area contributed by atoms with Crippen LogP contribution in [0, 0.1) is 0 Å². The summed E-state index contributed by atoms with van der Waals surface area (Å²) in [5.41, 5.74) is -0.0433. The van der Waals surface area contributed by atoms with Gasteiger partial charge in [-0.1, -0.05) is 0 Å². The number of likely N-dealkylation sites (N-methyl/N-ethyl adjacent to an activating group) is 2. The van der Waals surface area contributed by atoms with Crippen LogP contribution < -0.4 is 5.32 Å². The van der Waals surface area contributed by atoms with Gasteiger partial charge >= 0.3 is 0 Å². The van der Waals surface area contributed by atoms with E-state index < -0.39 is 0 Å². The maximum atomic E-state index is 9.48. The van der Waals surface area contributed by atoms with Crippen LogP contribution in [0.3, 0.4) is 0 Å². The zero-order valence-electron chi connectivity index (χ0n) is 10.4. The molecule has 0 aromatic rings. The van der Waals surface area contributed by atoms with E-state index in [2.05, 4.69) is 17.3 Å². The lowest BCUT2D eigenvalue weighted by Crippen LogP contribution is -2.47. The maximum absolute atomic E-state index is 9.48. The van der Waals surface area contributed by atoms with Gasteiger partial charge in [0.25, 0.3) is 0 Å².